The van der Waals surface area contributed by atoms with E-state index in [2.05, 4.69) is 156 Å². The molecule has 0 aliphatic carbocycles. The van der Waals surface area contributed by atoms with Gasteiger partial charge in [0.25, 0.3) is 0 Å². The maximum Gasteiger partial charge on any atom is 0.159 e. The maximum atomic E-state index is 7.12. The minimum absolute atomic E-state index is 0.692. The summed E-state index contributed by atoms with van der Waals surface area (Å²) >= 11 is 0. The van der Waals surface area contributed by atoms with Crippen LogP contribution >= 0.6 is 0 Å². The summed E-state index contributed by atoms with van der Waals surface area (Å²) in [6.45, 7) is 8.71. The SMILES string of the molecule is C=Cc1c(C(=C)c2cccc3c2oc2c(-n4c5ccccc5c5ccccc54)cc(-n4c5ccccc5c5ccccc54)cc23)oc2ccccc12. The van der Waals surface area contributed by atoms with Gasteiger partial charge in [-0.15, -0.1) is 0 Å². The molecule has 52 heavy (non-hydrogen) atoms. The third kappa shape index (κ3) is 3.86. The van der Waals surface area contributed by atoms with Crippen LogP contribution in [0.25, 0.3) is 99.5 Å². The molecule has 0 bridgehead atoms. The molecule has 7 aromatic carbocycles. The Kier molecular flexibility index (Phi) is 5.93. The highest BCUT2D eigenvalue weighted by atomic mass is 16.3. The second-order valence-corrected chi connectivity index (χ2v) is 13.4. The number of benzene rings is 7. The van der Waals surface area contributed by atoms with Crippen molar-refractivity contribution >= 4 is 88.2 Å². The smallest absolute Gasteiger partial charge is 0.159 e. The molecule has 0 unspecified atom stereocenters. The third-order valence-corrected chi connectivity index (χ3v) is 10.7. The molecular weight excluding hydrogens is 637 g/mol. The number of nitrogens with zero attached hydrogens (tertiary/aromatic N) is 2. The van der Waals surface area contributed by atoms with Crippen molar-refractivity contribution in [1.82, 2.24) is 9.13 Å². The lowest BCUT2D eigenvalue weighted by Crippen LogP contribution is -1.99. The van der Waals surface area contributed by atoms with Crippen LogP contribution in [0.4, 0.5) is 0 Å². The molecule has 11 aromatic rings. The Bertz CT molecular complexity index is 3180. The van der Waals surface area contributed by atoms with E-state index in [0.717, 1.165) is 83.0 Å². The highest BCUT2D eigenvalue weighted by Crippen LogP contribution is 2.44. The fourth-order valence-corrected chi connectivity index (χ4v) is 8.40. The van der Waals surface area contributed by atoms with E-state index in [-0.39, 0.29) is 0 Å². The highest BCUT2D eigenvalue weighted by Gasteiger charge is 2.24. The molecule has 4 heteroatoms. The van der Waals surface area contributed by atoms with E-state index >= 15 is 0 Å². The van der Waals surface area contributed by atoms with Crippen LogP contribution in [0.3, 0.4) is 0 Å². The lowest BCUT2D eigenvalue weighted by Gasteiger charge is -2.14. The number of rotatable bonds is 5. The van der Waals surface area contributed by atoms with Gasteiger partial charge in [-0.3, -0.25) is 0 Å². The van der Waals surface area contributed by atoms with Gasteiger partial charge in [0.15, 0.2) is 5.58 Å². The monoisotopic (exact) mass is 666 g/mol. The Labute approximate surface area is 298 Å². The van der Waals surface area contributed by atoms with Gasteiger partial charge < -0.3 is 18.0 Å². The van der Waals surface area contributed by atoms with Crippen LogP contribution in [0.1, 0.15) is 16.9 Å². The van der Waals surface area contributed by atoms with Crippen LogP contribution in [0.5, 0.6) is 0 Å². The Morgan fingerprint density at radius 2 is 1.00 bits per heavy atom. The molecule has 0 saturated carbocycles. The van der Waals surface area contributed by atoms with E-state index in [1.807, 2.05) is 24.3 Å². The summed E-state index contributed by atoms with van der Waals surface area (Å²) in [5.41, 5.74) is 11.5. The molecule has 0 N–H and O–H groups in total. The molecule has 11 rings (SSSR count). The molecule has 4 aromatic heterocycles. The van der Waals surface area contributed by atoms with E-state index < -0.39 is 0 Å². The lowest BCUT2D eigenvalue weighted by atomic mass is 9.98. The number of para-hydroxylation sites is 6. The van der Waals surface area contributed by atoms with E-state index in [1.165, 1.54) is 21.5 Å². The molecule has 0 fully saturated rings. The fraction of sp³-hybridized carbons (Fsp3) is 0. The summed E-state index contributed by atoms with van der Waals surface area (Å²) in [6.07, 6.45) is 1.85. The summed E-state index contributed by atoms with van der Waals surface area (Å²) in [7, 11) is 0. The van der Waals surface area contributed by atoms with Crippen LogP contribution in [-0.2, 0) is 0 Å². The van der Waals surface area contributed by atoms with Crippen molar-refractivity contribution in [3.63, 3.8) is 0 Å². The third-order valence-electron chi connectivity index (χ3n) is 10.7. The number of aromatic nitrogens is 2. The summed E-state index contributed by atoms with van der Waals surface area (Å²) < 4.78 is 18.3. The number of fused-ring (bicyclic) bond motifs is 10. The topological polar surface area (TPSA) is 36.1 Å². The standard InChI is InChI=1S/C48H30N2O2/c1-3-31-37-19-8-13-26-45(37)51-46(31)29(2)32-20-14-21-38-39-27-30(49-40-22-9-4-15-33(40)34-16-5-10-23-41(34)49)28-44(48(39)52-47(32)38)50-42-24-11-6-17-35(42)36-18-7-12-25-43(36)50/h3-28H,1-2H2. The van der Waals surface area contributed by atoms with Gasteiger partial charge >= 0.3 is 0 Å². The van der Waals surface area contributed by atoms with Crippen LogP contribution in [0, 0.1) is 0 Å². The summed E-state index contributed by atoms with van der Waals surface area (Å²) in [5, 5.41) is 7.87. The Morgan fingerprint density at radius 1 is 0.481 bits per heavy atom. The molecule has 0 aliphatic rings. The zero-order chi connectivity index (χ0) is 34.5. The van der Waals surface area contributed by atoms with Gasteiger partial charge in [0.1, 0.15) is 16.9 Å². The van der Waals surface area contributed by atoms with Crippen molar-refractivity contribution in [2.75, 3.05) is 0 Å². The number of hydrogen-bond acceptors (Lipinski definition) is 2. The quantitative estimate of drug-likeness (QED) is 0.183. The first-order valence-electron chi connectivity index (χ1n) is 17.5. The van der Waals surface area contributed by atoms with Crippen LogP contribution < -0.4 is 0 Å². The average molecular weight is 667 g/mol. The van der Waals surface area contributed by atoms with Gasteiger partial charge in [0.05, 0.1) is 27.8 Å². The molecule has 0 aliphatic heterocycles. The first-order valence-corrected chi connectivity index (χ1v) is 17.5. The van der Waals surface area contributed by atoms with Crippen LogP contribution in [-0.4, -0.2) is 9.13 Å². The van der Waals surface area contributed by atoms with Crippen molar-refractivity contribution in [1.29, 1.82) is 0 Å². The summed E-state index contributed by atoms with van der Waals surface area (Å²) in [6, 6.07) is 53.4. The fourth-order valence-electron chi connectivity index (χ4n) is 8.40. The van der Waals surface area contributed by atoms with Crippen LogP contribution in [0.15, 0.2) is 174 Å². The average Bonchev–Trinajstić information content (AvgIpc) is 3.95. The number of furan rings is 2. The Morgan fingerprint density at radius 3 is 1.60 bits per heavy atom. The van der Waals surface area contributed by atoms with E-state index in [9.17, 15) is 0 Å². The maximum absolute atomic E-state index is 7.12. The predicted molar refractivity (Wildman–Crippen MR) is 217 cm³/mol. The first kappa shape index (κ1) is 28.8. The number of hydrogen-bond donors (Lipinski definition) is 0. The highest BCUT2D eigenvalue weighted by molar-refractivity contribution is 6.16. The molecule has 0 amide bonds. The largest absolute Gasteiger partial charge is 0.455 e. The second-order valence-electron chi connectivity index (χ2n) is 13.4. The Hall–Kier alpha value is -7.04. The van der Waals surface area contributed by atoms with Gasteiger partial charge in [0, 0.05) is 60.1 Å². The molecule has 0 radical (unpaired) electrons. The van der Waals surface area contributed by atoms with E-state index in [0.29, 0.717) is 5.76 Å². The molecular formula is C48H30N2O2. The molecule has 0 atom stereocenters. The van der Waals surface area contributed by atoms with Gasteiger partial charge in [-0.2, -0.15) is 0 Å². The predicted octanol–water partition coefficient (Wildman–Crippen LogP) is 13.2. The van der Waals surface area contributed by atoms with Gasteiger partial charge in [-0.05, 0) is 42.5 Å². The van der Waals surface area contributed by atoms with Gasteiger partial charge in [0.2, 0.25) is 0 Å². The van der Waals surface area contributed by atoms with E-state index in [1.54, 1.807) is 0 Å². The Balaban J connectivity index is 1.27. The minimum atomic E-state index is 0.692. The van der Waals surface area contributed by atoms with Crippen molar-refractivity contribution in [3.8, 4) is 11.4 Å². The van der Waals surface area contributed by atoms with Gasteiger partial charge in [-0.25, -0.2) is 0 Å². The molecule has 4 nitrogen and oxygen atoms in total. The molecule has 0 saturated heterocycles. The van der Waals surface area contributed by atoms with E-state index in [4.69, 9.17) is 8.83 Å². The van der Waals surface area contributed by atoms with Crippen molar-refractivity contribution in [2.45, 2.75) is 0 Å². The molecule has 0 spiro atoms. The summed E-state index contributed by atoms with van der Waals surface area (Å²) in [4.78, 5) is 0. The molecule has 4 heterocycles. The van der Waals surface area contributed by atoms with Crippen LogP contribution in [0.2, 0.25) is 0 Å². The zero-order valence-electron chi connectivity index (χ0n) is 28.1. The lowest BCUT2D eigenvalue weighted by molar-refractivity contribution is 0.599. The second kappa shape index (κ2) is 10.7. The van der Waals surface area contributed by atoms with Crippen molar-refractivity contribution < 1.29 is 8.83 Å². The summed E-state index contributed by atoms with van der Waals surface area (Å²) in [5.74, 6) is 0.692. The normalized spacial score (nSPS) is 12.0. The zero-order valence-corrected chi connectivity index (χ0v) is 28.1. The molecule has 244 valence electrons. The van der Waals surface area contributed by atoms with Crippen molar-refractivity contribution in [3.05, 3.63) is 182 Å². The first-order chi connectivity index (χ1) is 25.7. The van der Waals surface area contributed by atoms with Crippen molar-refractivity contribution in [2.24, 2.45) is 0 Å². The minimum Gasteiger partial charge on any atom is -0.455 e. The van der Waals surface area contributed by atoms with Gasteiger partial charge in [-0.1, -0.05) is 128 Å².